The summed E-state index contributed by atoms with van der Waals surface area (Å²) < 4.78 is 0. The van der Waals surface area contributed by atoms with E-state index in [4.69, 9.17) is 5.73 Å². The summed E-state index contributed by atoms with van der Waals surface area (Å²) in [4.78, 5) is 2.83. The van der Waals surface area contributed by atoms with Crippen molar-refractivity contribution in [3.8, 4) is 0 Å². The van der Waals surface area contributed by atoms with Gasteiger partial charge in [-0.25, -0.2) is 0 Å². The highest BCUT2D eigenvalue weighted by molar-refractivity contribution is 4.83. The second-order valence-corrected chi connectivity index (χ2v) is 7.41. The largest absolute Gasteiger partial charge is 0.328 e. The predicted molar refractivity (Wildman–Crippen MR) is 83.2 cm³/mol. The molecular formula is C17H34N2. The maximum absolute atomic E-state index is 6.16. The zero-order valence-corrected chi connectivity index (χ0v) is 13.1. The zero-order chi connectivity index (χ0) is 13.7. The second kappa shape index (κ2) is 7.64. The highest BCUT2D eigenvalue weighted by atomic mass is 15.2. The first-order valence-electron chi connectivity index (χ1n) is 8.64. The molecule has 19 heavy (non-hydrogen) atoms. The Balaban J connectivity index is 1.84. The Morgan fingerprint density at radius 1 is 1.05 bits per heavy atom. The number of nitrogens with zero attached hydrogens (tertiary/aromatic N) is 1. The molecule has 0 aromatic heterocycles. The molecule has 2 N–H and O–H groups in total. The molecule has 2 fully saturated rings. The van der Waals surface area contributed by atoms with Gasteiger partial charge >= 0.3 is 0 Å². The van der Waals surface area contributed by atoms with Gasteiger partial charge in [-0.2, -0.15) is 0 Å². The van der Waals surface area contributed by atoms with Gasteiger partial charge in [0.2, 0.25) is 0 Å². The SMILES string of the molecule is CC(C)CCN(CC1CCCC(N)C1)C1CCCC1. The maximum atomic E-state index is 6.16. The fourth-order valence-corrected chi connectivity index (χ4v) is 3.95. The van der Waals surface area contributed by atoms with Crippen LogP contribution in [0.15, 0.2) is 0 Å². The van der Waals surface area contributed by atoms with E-state index in [0.717, 1.165) is 17.9 Å². The molecule has 0 saturated heterocycles. The lowest BCUT2D eigenvalue weighted by molar-refractivity contribution is 0.139. The molecule has 0 radical (unpaired) electrons. The van der Waals surface area contributed by atoms with Crippen molar-refractivity contribution in [1.82, 2.24) is 4.90 Å². The summed E-state index contributed by atoms with van der Waals surface area (Å²) in [5, 5.41) is 0. The molecule has 0 amide bonds. The minimum absolute atomic E-state index is 0.481. The van der Waals surface area contributed by atoms with Crippen LogP contribution in [0, 0.1) is 11.8 Å². The first-order valence-corrected chi connectivity index (χ1v) is 8.64. The third-order valence-corrected chi connectivity index (χ3v) is 5.15. The molecule has 0 aromatic carbocycles. The summed E-state index contributed by atoms with van der Waals surface area (Å²) in [7, 11) is 0. The Morgan fingerprint density at radius 3 is 2.42 bits per heavy atom. The van der Waals surface area contributed by atoms with E-state index < -0.39 is 0 Å². The van der Waals surface area contributed by atoms with Crippen LogP contribution in [0.4, 0.5) is 0 Å². The van der Waals surface area contributed by atoms with Crippen LogP contribution in [0.5, 0.6) is 0 Å². The summed E-state index contributed by atoms with van der Waals surface area (Å²) in [6.45, 7) is 7.34. The molecule has 2 nitrogen and oxygen atoms in total. The molecule has 2 aliphatic carbocycles. The lowest BCUT2D eigenvalue weighted by Gasteiger charge is -2.35. The van der Waals surface area contributed by atoms with Gasteiger partial charge in [0.15, 0.2) is 0 Å². The standard InChI is InChI=1S/C17H34N2/c1-14(2)10-11-19(17-8-3-4-9-17)13-15-6-5-7-16(18)12-15/h14-17H,3-13,18H2,1-2H3. The summed E-state index contributed by atoms with van der Waals surface area (Å²) >= 11 is 0. The molecule has 2 saturated carbocycles. The third kappa shape index (κ3) is 5.07. The fraction of sp³-hybridized carbons (Fsp3) is 1.00. The van der Waals surface area contributed by atoms with Crippen LogP contribution in [0.1, 0.15) is 71.6 Å². The minimum atomic E-state index is 0.481. The quantitative estimate of drug-likeness (QED) is 0.792. The molecule has 2 atom stereocenters. The van der Waals surface area contributed by atoms with Gasteiger partial charge in [-0.1, -0.05) is 33.1 Å². The summed E-state index contributed by atoms with van der Waals surface area (Å²) in [5.74, 6) is 1.70. The highest BCUT2D eigenvalue weighted by Gasteiger charge is 2.27. The Labute approximate surface area is 120 Å². The highest BCUT2D eigenvalue weighted by Crippen LogP contribution is 2.29. The second-order valence-electron chi connectivity index (χ2n) is 7.41. The summed E-state index contributed by atoms with van der Waals surface area (Å²) in [6.07, 6.45) is 12.4. The van der Waals surface area contributed by atoms with Gasteiger partial charge in [0.25, 0.3) is 0 Å². The molecule has 2 heteroatoms. The van der Waals surface area contributed by atoms with Crippen LogP contribution in [-0.4, -0.2) is 30.1 Å². The number of hydrogen-bond acceptors (Lipinski definition) is 2. The van der Waals surface area contributed by atoms with Crippen molar-refractivity contribution in [1.29, 1.82) is 0 Å². The van der Waals surface area contributed by atoms with Crippen LogP contribution >= 0.6 is 0 Å². The smallest absolute Gasteiger partial charge is 0.00953 e. The Hall–Kier alpha value is -0.0800. The van der Waals surface area contributed by atoms with Crippen molar-refractivity contribution in [2.24, 2.45) is 17.6 Å². The maximum Gasteiger partial charge on any atom is 0.00953 e. The number of hydrogen-bond donors (Lipinski definition) is 1. The van der Waals surface area contributed by atoms with Crippen molar-refractivity contribution >= 4 is 0 Å². The van der Waals surface area contributed by atoms with Gasteiger partial charge in [-0.15, -0.1) is 0 Å². The van der Waals surface area contributed by atoms with E-state index in [2.05, 4.69) is 18.7 Å². The first-order chi connectivity index (χ1) is 9.15. The molecule has 112 valence electrons. The van der Waals surface area contributed by atoms with Crippen LogP contribution in [0.3, 0.4) is 0 Å². The van der Waals surface area contributed by atoms with E-state index in [9.17, 15) is 0 Å². The van der Waals surface area contributed by atoms with Crippen LogP contribution in [-0.2, 0) is 0 Å². The monoisotopic (exact) mass is 266 g/mol. The van der Waals surface area contributed by atoms with Crippen molar-refractivity contribution in [2.45, 2.75) is 83.7 Å². The molecule has 0 aliphatic heterocycles. The van der Waals surface area contributed by atoms with Gasteiger partial charge < -0.3 is 10.6 Å². The third-order valence-electron chi connectivity index (χ3n) is 5.15. The molecule has 0 spiro atoms. The van der Waals surface area contributed by atoms with E-state index in [1.54, 1.807) is 0 Å². The molecule has 0 aromatic rings. The van der Waals surface area contributed by atoms with Crippen molar-refractivity contribution in [3.63, 3.8) is 0 Å². The fourth-order valence-electron chi connectivity index (χ4n) is 3.95. The first kappa shape index (κ1) is 15.3. The molecule has 2 rings (SSSR count). The van der Waals surface area contributed by atoms with Crippen molar-refractivity contribution in [2.75, 3.05) is 13.1 Å². The van der Waals surface area contributed by atoms with Gasteiger partial charge in [-0.3, -0.25) is 0 Å². The lowest BCUT2D eigenvalue weighted by atomic mass is 9.85. The van der Waals surface area contributed by atoms with Crippen molar-refractivity contribution < 1.29 is 0 Å². The van der Waals surface area contributed by atoms with E-state index in [0.29, 0.717) is 6.04 Å². The van der Waals surface area contributed by atoms with Crippen LogP contribution in [0.2, 0.25) is 0 Å². The molecule has 0 heterocycles. The van der Waals surface area contributed by atoms with Crippen LogP contribution in [0.25, 0.3) is 0 Å². The zero-order valence-electron chi connectivity index (χ0n) is 13.1. The van der Waals surface area contributed by atoms with Crippen molar-refractivity contribution in [3.05, 3.63) is 0 Å². The minimum Gasteiger partial charge on any atom is -0.328 e. The van der Waals surface area contributed by atoms with Gasteiger partial charge in [0.1, 0.15) is 0 Å². The molecule has 0 bridgehead atoms. The lowest BCUT2D eigenvalue weighted by Crippen LogP contribution is -2.41. The van der Waals surface area contributed by atoms with Gasteiger partial charge in [0.05, 0.1) is 0 Å². The molecule has 2 aliphatic rings. The Kier molecular flexibility index (Phi) is 6.15. The average Bonchev–Trinajstić information content (AvgIpc) is 2.88. The predicted octanol–water partition coefficient (Wildman–Crippen LogP) is 3.79. The van der Waals surface area contributed by atoms with E-state index >= 15 is 0 Å². The Bertz CT molecular complexity index is 246. The van der Waals surface area contributed by atoms with E-state index in [-0.39, 0.29) is 0 Å². The summed E-state index contributed by atoms with van der Waals surface area (Å²) in [5.41, 5.74) is 6.16. The van der Waals surface area contributed by atoms with E-state index in [1.807, 2.05) is 0 Å². The summed E-state index contributed by atoms with van der Waals surface area (Å²) in [6, 6.07) is 1.37. The van der Waals surface area contributed by atoms with E-state index in [1.165, 1.54) is 70.9 Å². The molecular weight excluding hydrogens is 232 g/mol. The average molecular weight is 266 g/mol. The Morgan fingerprint density at radius 2 is 1.79 bits per heavy atom. The van der Waals surface area contributed by atoms with Crippen LogP contribution < -0.4 is 5.73 Å². The van der Waals surface area contributed by atoms with Gasteiger partial charge in [-0.05, 0) is 56.9 Å². The normalized spacial score (nSPS) is 29.5. The topological polar surface area (TPSA) is 29.3 Å². The van der Waals surface area contributed by atoms with Gasteiger partial charge in [0, 0.05) is 18.6 Å². The molecule has 2 unspecified atom stereocenters. The number of nitrogens with two attached hydrogens (primary N) is 1. The number of rotatable bonds is 6.